The normalized spacial score (nSPS) is 16.9. The van der Waals surface area contributed by atoms with Crippen molar-refractivity contribution in [1.29, 1.82) is 0 Å². The third-order valence-corrected chi connectivity index (χ3v) is 3.62. The first-order valence-corrected chi connectivity index (χ1v) is 6.17. The van der Waals surface area contributed by atoms with Gasteiger partial charge in [-0.05, 0) is 50.9 Å². The van der Waals surface area contributed by atoms with Crippen molar-refractivity contribution in [3.05, 3.63) is 35.4 Å². The van der Waals surface area contributed by atoms with Gasteiger partial charge in [0.1, 0.15) is 11.6 Å². The van der Waals surface area contributed by atoms with Gasteiger partial charge in [0.2, 0.25) is 0 Å². The van der Waals surface area contributed by atoms with E-state index in [1.807, 2.05) is 11.9 Å². The Morgan fingerprint density at radius 1 is 1.44 bits per heavy atom. The van der Waals surface area contributed by atoms with E-state index >= 15 is 0 Å². The number of ketones is 1. The van der Waals surface area contributed by atoms with Gasteiger partial charge in [-0.1, -0.05) is 0 Å². The maximum Gasteiger partial charge on any atom is 0.179 e. The van der Waals surface area contributed by atoms with Crippen LogP contribution in [-0.4, -0.2) is 30.3 Å². The Kier molecular flexibility index (Phi) is 3.76. The van der Waals surface area contributed by atoms with Crippen molar-refractivity contribution in [2.45, 2.75) is 25.8 Å². The summed E-state index contributed by atoms with van der Waals surface area (Å²) in [6, 6.07) is 3.29. The first kappa shape index (κ1) is 13.1. The van der Waals surface area contributed by atoms with E-state index < -0.39 is 11.6 Å². The number of halogens is 2. The quantitative estimate of drug-likeness (QED) is 0.752. The molecule has 0 heterocycles. The number of likely N-dealkylation sites (N-methyl/N-ethyl adjacent to an activating group) is 1. The molecule has 0 N–H and O–H groups in total. The van der Waals surface area contributed by atoms with Crippen LogP contribution < -0.4 is 0 Å². The summed E-state index contributed by atoms with van der Waals surface area (Å²) in [5.41, 5.74) is -0.162. The third-order valence-electron chi connectivity index (χ3n) is 3.62. The Balaban J connectivity index is 2.04. The lowest BCUT2D eigenvalue weighted by Crippen LogP contribution is -2.35. The van der Waals surface area contributed by atoms with Crippen molar-refractivity contribution in [2.24, 2.45) is 5.92 Å². The molecule has 1 saturated carbocycles. The molecule has 2 nitrogen and oxygen atoms in total. The average molecular weight is 253 g/mol. The average Bonchev–Trinajstić information content (AvgIpc) is 3.15. The number of hydrogen-bond acceptors (Lipinski definition) is 2. The summed E-state index contributed by atoms with van der Waals surface area (Å²) < 4.78 is 26.4. The van der Waals surface area contributed by atoms with Crippen LogP contribution in [0, 0.1) is 17.6 Å². The van der Waals surface area contributed by atoms with Gasteiger partial charge in [0.05, 0.1) is 12.1 Å². The van der Waals surface area contributed by atoms with E-state index in [0.29, 0.717) is 12.0 Å². The summed E-state index contributed by atoms with van der Waals surface area (Å²) in [7, 11) is 1.85. The van der Waals surface area contributed by atoms with Crippen LogP contribution >= 0.6 is 0 Å². The van der Waals surface area contributed by atoms with E-state index in [-0.39, 0.29) is 17.9 Å². The number of rotatable bonds is 5. The van der Waals surface area contributed by atoms with Crippen LogP contribution in [0.1, 0.15) is 30.1 Å². The number of hydrogen-bond donors (Lipinski definition) is 0. The zero-order valence-corrected chi connectivity index (χ0v) is 10.6. The molecule has 1 fully saturated rings. The fourth-order valence-corrected chi connectivity index (χ4v) is 2.11. The summed E-state index contributed by atoms with van der Waals surface area (Å²) in [5.74, 6) is -0.978. The highest BCUT2D eigenvalue weighted by Gasteiger charge is 2.31. The van der Waals surface area contributed by atoms with Gasteiger partial charge < -0.3 is 0 Å². The Morgan fingerprint density at radius 3 is 2.72 bits per heavy atom. The van der Waals surface area contributed by atoms with Gasteiger partial charge in [-0.15, -0.1) is 0 Å². The largest absolute Gasteiger partial charge is 0.296 e. The van der Waals surface area contributed by atoms with Crippen LogP contribution in [0.5, 0.6) is 0 Å². The van der Waals surface area contributed by atoms with E-state index in [4.69, 9.17) is 0 Å². The summed E-state index contributed by atoms with van der Waals surface area (Å²) in [5, 5.41) is 0. The lowest BCUT2D eigenvalue weighted by molar-refractivity contribution is 0.0912. The van der Waals surface area contributed by atoms with Gasteiger partial charge in [0.15, 0.2) is 5.78 Å². The zero-order chi connectivity index (χ0) is 13.3. The van der Waals surface area contributed by atoms with E-state index in [0.717, 1.165) is 18.2 Å². The Labute approximate surface area is 106 Å². The molecule has 98 valence electrons. The second-order valence-electron chi connectivity index (χ2n) is 5.04. The maximum absolute atomic E-state index is 13.4. The molecule has 18 heavy (non-hydrogen) atoms. The molecule has 0 radical (unpaired) electrons. The zero-order valence-electron chi connectivity index (χ0n) is 10.6. The molecular weight excluding hydrogens is 236 g/mol. The lowest BCUT2D eigenvalue weighted by atomic mass is 10.1. The van der Waals surface area contributed by atoms with Crippen molar-refractivity contribution in [1.82, 2.24) is 4.90 Å². The van der Waals surface area contributed by atoms with Crippen molar-refractivity contribution in [3.63, 3.8) is 0 Å². The fourth-order valence-electron chi connectivity index (χ4n) is 2.11. The van der Waals surface area contributed by atoms with Gasteiger partial charge in [-0.25, -0.2) is 8.78 Å². The second kappa shape index (κ2) is 5.14. The molecule has 1 aliphatic rings. The summed E-state index contributed by atoms with van der Waals surface area (Å²) >= 11 is 0. The Bertz CT molecular complexity index is 457. The molecule has 2 rings (SSSR count). The van der Waals surface area contributed by atoms with Gasteiger partial charge in [0.25, 0.3) is 0 Å². The summed E-state index contributed by atoms with van der Waals surface area (Å²) in [6.07, 6.45) is 2.38. The van der Waals surface area contributed by atoms with Crippen LogP contribution in [0.25, 0.3) is 0 Å². The highest BCUT2D eigenvalue weighted by atomic mass is 19.1. The Morgan fingerprint density at radius 2 is 2.11 bits per heavy atom. The predicted molar refractivity (Wildman–Crippen MR) is 65.5 cm³/mol. The first-order valence-electron chi connectivity index (χ1n) is 6.17. The van der Waals surface area contributed by atoms with Crippen LogP contribution in [0.15, 0.2) is 18.2 Å². The molecule has 1 aliphatic carbocycles. The fraction of sp³-hybridized carbons (Fsp3) is 0.500. The van der Waals surface area contributed by atoms with E-state index in [2.05, 4.69) is 6.92 Å². The maximum atomic E-state index is 13.4. The first-order chi connectivity index (χ1) is 8.49. The van der Waals surface area contributed by atoms with Crippen molar-refractivity contribution in [2.75, 3.05) is 13.6 Å². The van der Waals surface area contributed by atoms with Gasteiger partial charge in [-0.2, -0.15) is 0 Å². The lowest BCUT2D eigenvalue weighted by Gasteiger charge is -2.23. The molecule has 4 heteroatoms. The van der Waals surface area contributed by atoms with Gasteiger partial charge >= 0.3 is 0 Å². The van der Waals surface area contributed by atoms with Crippen molar-refractivity contribution < 1.29 is 13.6 Å². The standard InChI is InChI=1S/C14H17F2NO/c1-9(10-3-4-10)17(2)8-14(18)12-7-11(15)5-6-13(12)16/h5-7,9-10H,3-4,8H2,1-2H3. The summed E-state index contributed by atoms with van der Waals surface area (Å²) in [4.78, 5) is 13.8. The molecule has 0 aromatic heterocycles. The summed E-state index contributed by atoms with van der Waals surface area (Å²) in [6.45, 7) is 2.19. The molecule has 1 atom stereocenters. The molecule has 1 aromatic rings. The molecular formula is C14H17F2NO. The van der Waals surface area contributed by atoms with Crippen LogP contribution in [0.3, 0.4) is 0 Å². The van der Waals surface area contributed by atoms with Gasteiger partial charge in [-0.3, -0.25) is 9.69 Å². The predicted octanol–water partition coefficient (Wildman–Crippen LogP) is 2.88. The minimum Gasteiger partial charge on any atom is -0.296 e. The second-order valence-corrected chi connectivity index (χ2v) is 5.04. The van der Waals surface area contributed by atoms with E-state index in [9.17, 15) is 13.6 Å². The third kappa shape index (κ3) is 2.93. The SMILES string of the molecule is CC(C1CC1)N(C)CC(=O)c1cc(F)ccc1F. The van der Waals surface area contributed by atoms with E-state index in [1.165, 1.54) is 12.8 Å². The number of nitrogens with zero attached hydrogens (tertiary/aromatic N) is 1. The van der Waals surface area contributed by atoms with Crippen LogP contribution in [0.4, 0.5) is 8.78 Å². The Hall–Kier alpha value is -1.29. The van der Waals surface area contributed by atoms with Crippen molar-refractivity contribution >= 4 is 5.78 Å². The number of benzene rings is 1. The highest BCUT2D eigenvalue weighted by Crippen LogP contribution is 2.34. The smallest absolute Gasteiger partial charge is 0.179 e. The van der Waals surface area contributed by atoms with Crippen LogP contribution in [-0.2, 0) is 0 Å². The minimum absolute atomic E-state index is 0.123. The van der Waals surface area contributed by atoms with Crippen LogP contribution in [0.2, 0.25) is 0 Å². The molecule has 0 saturated heterocycles. The highest BCUT2D eigenvalue weighted by molar-refractivity contribution is 5.97. The number of carbonyl (C=O) groups excluding carboxylic acids is 1. The topological polar surface area (TPSA) is 20.3 Å². The van der Waals surface area contributed by atoms with Gasteiger partial charge in [0, 0.05) is 6.04 Å². The van der Waals surface area contributed by atoms with E-state index in [1.54, 1.807) is 0 Å². The molecule has 0 amide bonds. The molecule has 0 spiro atoms. The number of Topliss-reactive ketones (excluding diaryl/α,β-unsaturated/α-hetero) is 1. The monoisotopic (exact) mass is 253 g/mol. The molecule has 1 aromatic carbocycles. The molecule has 1 unspecified atom stereocenters. The van der Waals surface area contributed by atoms with Crippen molar-refractivity contribution in [3.8, 4) is 0 Å². The number of carbonyl (C=O) groups is 1. The molecule has 0 aliphatic heterocycles. The molecule has 0 bridgehead atoms. The minimum atomic E-state index is -0.658.